The number of nitrogens with one attached hydrogen (secondary N) is 1. The van der Waals surface area contributed by atoms with Crippen LogP contribution in [0.5, 0.6) is 0 Å². The standard InChI is InChI=1S/C25H32N2O2/c1-4-14-26-24(29)25(13-15-27(18-25)23(28)5-2)17-21-10-6-7-12-22(21)20-11-8-9-19(3)16-20/h6-12,16H,4-5,13-15,17-18H2,1-3H3,(H,26,29)/t25-/m0/s1. The molecule has 2 aromatic rings. The molecule has 154 valence electrons. The fraction of sp³-hybridized carbons (Fsp3) is 0.440. The predicted octanol–water partition coefficient (Wildman–Crippen LogP) is 4.36. The first-order chi connectivity index (χ1) is 14.0. The van der Waals surface area contributed by atoms with Gasteiger partial charge >= 0.3 is 0 Å². The number of aryl methyl sites for hydroxylation is 1. The normalized spacial score (nSPS) is 18.7. The molecule has 2 aromatic carbocycles. The first kappa shape index (κ1) is 21.1. The Kier molecular flexibility index (Phi) is 6.73. The summed E-state index contributed by atoms with van der Waals surface area (Å²) in [7, 11) is 0. The van der Waals surface area contributed by atoms with E-state index in [4.69, 9.17) is 0 Å². The fourth-order valence-corrected chi connectivity index (χ4v) is 4.28. The second kappa shape index (κ2) is 9.25. The van der Waals surface area contributed by atoms with Crippen LogP contribution in [-0.2, 0) is 16.0 Å². The topological polar surface area (TPSA) is 49.4 Å². The Morgan fingerprint density at radius 3 is 2.62 bits per heavy atom. The molecule has 0 aliphatic carbocycles. The number of nitrogens with zero attached hydrogens (tertiary/aromatic N) is 1. The molecule has 0 radical (unpaired) electrons. The van der Waals surface area contributed by atoms with E-state index in [0.29, 0.717) is 38.9 Å². The van der Waals surface area contributed by atoms with Crippen molar-refractivity contribution in [2.45, 2.75) is 46.5 Å². The van der Waals surface area contributed by atoms with Gasteiger partial charge in [0.25, 0.3) is 0 Å². The molecular weight excluding hydrogens is 360 g/mol. The summed E-state index contributed by atoms with van der Waals surface area (Å²) in [4.78, 5) is 27.4. The Balaban J connectivity index is 1.95. The second-order valence-corrected chi connectivity index (χ2v) is 8.16. The lowest BCUT2D eigenvalue weighted by molar-refractivity contribution is -0.133. The molecule has 1 N–H and O–H groups in total. The van der Waals surface area contributed by atoms with E-state index in [1.165, 1.54) is 16.7 Å². The van der Waals surface area contributed by atoms with E-state index in [-0.39, 0.29) is 11.8 Å². The van der Waals surface area contributed by atoms with Gasteiger partial charge in [0.2, 0.25) is 11.8 Å². The zero-order valence-corrected chi connectivity index (χ0v) is 17.8. The summed E-state index contributed by atoms with van der Waals surface area (Å²) in [5.41, 5.74) is 4.15. The van der Waals surface area contributed by atoms with Gasteiger partial charge in [-0.1, -0.05) is 67.9 Å². The number of carbonyl (C=O) groups is 2. The smallest absolute Gasteiger partial charge is 0.228 e. The van der Waals surface area contributed by atoms with Crippen LogP contribution in [0.25, 0.3) is 11.1 Å². The maximum atomic E-state index is 13.2. The quantitative estimate of drug-likeness (QED) is 0.761. The van der Waals surface area contributed by atoms with Crippen LogP contribution in [0.3, 0.4) is 0 Å². The van der Waals surface area contributed by atoms with Crippen LogP contribution in [0.4, 0.5) is 0 Å². The van der Waals surface area contributed by atoms with Crippen molar-refractivity contribution in [1.82, 2.24) is 10.2 Å². The molecule has 1 fully saturated rings. The molecule has 0 aromatic heterocycles. The zero-order valence-electron chi connectivity index (χ0n) is 17.8. The number of benzene rings is 2. The van der Waals surface area contributed by atoms with Crippen molar-refractivity contribution in [3.05, 3.63) is 59.7 Å². The van der Waals surface area contributed by atoms with E-state index in [1.54, 1.807) is 0 Å². The van der Waals surface area contributed by atoms with Gasteiger partial charge in [0.05, 0.1) is 5.41 Å². The SMILES string of the molecule is CCCNC(=O)[C@]1(Cc2ccccc2-c2cccc(C)c2)CCN(C(=O)CC)C1. The highest BCUT2D eigenvalue weighted by molar-refractivity contribution is 5.86. The van der Waals surface area contributed by atoms with Crippen LogP contribution in [-0.4, -0.2) is 36.3 Å². The lowest BCUT2D eigenvalue weighted by atomic mass is 9.78. The van der Waals surface area contributed by atoms with Gasteiger partial charge in [-0.15, -0.1) is 0 Å². The highest BCUT2D eigenvalue weighted by atomic mass is 16.2. The number of hydrogen-bond acceptors (Lipinski definition) is 2. The number of amides is 2. The number of hydrogen-bond donors (Lipinski definition) is 1. The van der Waals surface area contributed by atoms with Gasteiger partial charge < -0.3 is 10.2 Å². The first-order valence-corrected chi connectivity index (χ1v) is 10.7. The van der Waals surface area contributed by atoms with Gasteiger partial charge in [0, 0.05) is 26.1 Å². The lowest BCUT2D eigenvalue weighted by Crippen LogP contribution is -2.45. The summed E-state index contributed by atoms with van der Waals surface area (Å²) in [6, 6.07) is 16.8. The molecule has 1 heterocycles. The lowest BCUT2D eigenvalue weighted by Gasteiger charge is -2.29. The molecule has 0 saturated carbocycles. The van der Waals surface area contributed by atoms with Gasteiger partial charge in [-0.25, -0.2) is 0 Å². The van der Waals surface area contributed by atoms with Crippen LogP contribution in [0.1, 0.15) is 44.2 Å². The molecule has 4 nitrogen and oxygen atoms in total. The maximum absolute atomic E-state index is 13.2. The first-order valence-electron chi connectivity index (χ1n) is 10.7. The Hall–Kier alpha value is -2.62. The summed E-state index contributed by atoms with van der Waals surface area (Å²) in [5.74, 6) is 0.201. The minimum Gasteiger partial charge on any atom is -0.356 e. The van der Waals surface area contributed by atoms with E-state index in [1.807, 2.05) is 24.0 Å². The maximum Gasteiger partial charge on any atom is 0.228 e. The van der Waals surface area contributed by atoms with Crippen molar-refractivity contribution in [2.75, 3.05) is 19.6 Å². The second-order valence-electron chi connectivity index (χ2n) is 8.16. The molecule has 0 spiro atoms. The van der Waals surface area contributed by atoms with Gasteiger partial charge in [0.1, 0.15) is 0 Å². The largest absolute Gasteiger partial charge is 0.356 e. The Morgan fingerprint density at radius 1 is 1.10 bits per heavy atom. The van der Waals surface area contributed by atoms with Gasteiger partial charge in [-0.3, -0.25) is 9.59 Å². The average Bonchev–Trinajstić information content (AvgIpc) is 3.17. The van der Waals surface area contributed by atoms with Gasteiger partial charge in [0.15, 0.2) is 0 Å². The molecule has 0 unspecified atom stereocenters. The van der Waals surface area contributed by atoms with E-state index < -0.39 is 5.41 Å². The molecule has 4 heteroatoms. The Bertz CT molecular complexity index is 877. The molecule has 1 aliphatic heterocycles. The van der Waals surface area contributed by atoms with Gasteiger partial charge in [-0.05, 0) is 42.9 Å². The van der Waals surface area contributed by atoms with Crippen LogP contribution in [0, 0.1) is 12.3 Å². The molecule has 1 atom stereocenters. The predicted molar refractivity (Wildman–Crippen MR) is 118 cm³/mol. The van der Waals surface area contributed by atoms with E-state index in [9.17, 15) is 9.59 Å². The van der Waals surface area contributed by atoms with Crippen LogP contribution in [0.2, 0.25) is 0 Å². The average molecular weight is 393 g/mol. The molecule has 2 amide bonds. The number of likely N-dealkylation sites (tertiary alicyclic amines) is 1. The van der Waals surface area contributed by atoms with E-state index in [2.05, 4.69) is 55.6 Å². The molecule has 1 aliphatic rings. The highest BCUT2D eigenvalue weighted by Crippen LogP contribution is 2.38. The Labute approximate surface area is 174 Å². The molecular formula is C25H32N2O2. The van der Waals surface area contributed by atoms with Crippen molar-refractivity contribution in [3.8, 4) is 11.1 Å². The minimum atomic E-state index is -0.570. The van der Waals surface area contributed by atoms with Crippen LogP contribution in [0.15, 0.2) is 48.5 Å². The minimum absolute atomic E-state index is 0.0739. The number of carbonyl (C=O) groups excluding carboxylic acids is 2. The zero-order chi connectivity index (χ0) is 20.9. The van der Waals surface area contributed by atoms with Crippen LogP contribution < -0.4 is 5.32 Å². The molecule has 29 heavy (non-hydrogen) atoms. The third-order valence-electron chi connectivity index (χ3n) is 5.90. The summed E-state index contributed by atoms with van der Waals surface area (Å²) in [5, 5.41) is 3.10. The van der Waals surface area contributed by atoms with Crippen molar-refractivity contribution >= 4 is 11.8 Å². The number of rotatable bonds is 7. The fourth-order valence-electron chi connectivity index (χ4n) is 4.28. The van der Waals surface area contributed by atoms with Crippen molar-refractivity contribution in [2.24, 2.45) is 5.41 Å². The third-order valence-corrected chi connectivity index (χ3v) is 5.90. The van der Waals surface area contributed by atoms with Gasteiger partial charge in [-0.2, -0.15) is 0 Å². The summed E-state index contributed by atoms with van der Waals surface area (Å²) >= 11 is 0. The van der Waals surface area contributed by atoms with Crippen molar-refractivity contribution < 1.29 is 9.59 Å². The monoisotopic (exact) mass is 392 g/mol. The molecule has 1 saturated heterocycles. The third kappa shape index (κ3) is 4.69. The van der Waals surface area contributed by atoms with Crippen molar-refractivity contribution in [3.63, 3.8) is 0 Å². The van der Waals surface area contributed by atoms with E-state index >= 15 is 0 Å². The summed E-state index contributed by atoms with van der Waals surface area (Å²) < 4.78 is 0. The molecule has 0 bridgehead atoms. The van der Waals surface area contributed by atoms with Crippen molar-refractivity contribution in [1.29, 1.82) is 0 Å². The molecule has 3 rings (SSSR count). The Morgan fingerprint density at radius 2 is 1.90 bits per heavy atom. The highest BCUT2D eigenvalue weighted by Gasteiger charge is 2.45. The summed E-state index contributed by atoms with van der Waals surface area (Å²) in [6.45, 7) is 7.85. The summed E-state index contributed by atoms with van der Waals surface area (Å²) in [6.07, 6.45) is 2.72. The van der Waals surface area contributed by atoms with E-state index in [0.717, 1.165) is 12.0 Å². The van der Waals surface area contributed by atoms with Crippen LogP contribution >= 0.6 is 0 Å².